The lowest BCUT2D eigenvalue weighted by molar-refractivity contribution is 0.636. The molecule has 2 nitrogen and oxygen atoms in total. The first-order valence-corrected chi connectivity index (χ1v) is 13.3. The minimum absolute atomic E-state index is 0.252. The van der Waals surface area contributed by atoms with Gasteiger partial charge in [-0.3, -0.25) is 0 Å². The molecule has 0 fully saturated rings. The van der Waals surface area contributed by atoms with Crippen LogP contribution in [0.5, 0.6) is 0 Å². The second-order valence-electron chi connectivity index (χ2n) is 10.2. The summed E-state index contributed by atoms with van der Waals surface area (Å²) in [5.74, 6) is 0. The zero-order valence-corrected chi connectivity index (χ0v) is 21.0. The number of hydrogen-bond donors (Lipinski definition) is 0. The molecule has 0 bridgehead atoms. The maximum atomic E-state index is 2.53. The van der Waals surface area contributed by atoms with Crippen LogP contribution in [0.2, 0.25) is 0 Å². The van der Waals surface area contributed by atoms with Gasteiger partial charge in [-0.1, -0.05) is 103 Å². The number of benzene rings is 5. The molecule has 2 heteroatoms. The Morgan fingerprint density at radius 2 is 1.13 bits per heavy atom. The van der Waals surface area contributed by atoms with Gasteiger partial charge in [0.1, 0.15) is 0 Å². The molecule has 0 N–H and O–H groups in total. The lowest BCUT2D eigenvalue weighted by atomic mass is 9.96. The Balaban J connectivity index is 1.31. The normalized spacial score (nSPS) is 14.9. The highest BCUT2D eigenvalue weighted by molar-refractivity contribution is 6.08. The minimum atomic E-state index is 0.252. The standard InChI is InChI=1S/C36H26N2/c1-2-11-25(12-3-1)26-13-10-14-27(23-26)37-35-20-9-6-17-31(35)32-24-28(21-22-36(32)37)38-33-18-7-4-15-29(33)30-16-5-8-19-34(30)38/h1-23,28H,24H2. The van der Waals surface area contributed by atoms with Crippen molar-refractivity contribution in [2.24, 2.45) is 0 Å². The van der Waals surface area contributed by atoms with Crippen LogP contribution in [0.25, 0.3) is 55.6 Å². The third kappa shape index (κ3) is 3.13. The predicted molar refractivity (Wildman–Crippen MR) is 160 cm³/mol. The molecule has 0 spiro atoms. The van der Waals surface area contributed by atoms with Gasteiger partial charge in [0.2, 0.25) is 0 Å². The second kappa shape index (κ2) is 8.36. The van der Waals surface area contributed by atoms with Crippen molar-refractivity contribution in [1.29, 1.82) is 0 Å². The van der Waals surface area contributed by atoms with Crippen LogP contribution in [-0.4, -0.2) is 9.13 Å². The van der Waals surface area contributed by atoms with Crippen molar-refractivity contribution >= 4 is 38.8 Å². The summed E-state index contributed by atoms with van der Waals surface area (Å²) in [5.41, 5.74) is 10.2. The molecule has 2 heterocycles. The number of hydrogen-bond acceptors (Lipinski definition) is 0. The Morgan fingerprint density at radius 1 is 0.526 bits per heavy atom. The topological polar surface area (TPSA) is 9.86 Å². The van der Waals surface area contributed by atoms with Crippen LogP contribution in [-0.2, 0) is 6.42 Å². The predicted octanol–water partition coefficient (Wildman–Crippen LogP) is 9.22. The summed E-state index contributed by atoms with van der Waals surface area (Å²) < 4.78 is 4.97. The van der Waals surface area contributed by atoms with E-state index in [1.54, 1.807) is 0 Å². The van der Waals surface area contributed by atoms with Crippen molar-refractivity contribution in [3.8, 4) is 16.8 Å². The smallest absolute Gasteiger partial charge is 0.0567 e. The van der Waals surface area contributed by atoms with Gasteiger partial charge in [0.05, 0.1) is 11.6 Å². The summed E-state index contributed by atoms with van der Waals surface area (Å²) in [7, 11) is 0. The summed E-state index contributed by atoms with van der Waals surface area (Å²) in [4.78, 5) is 0. The summed E-state index contributed by atoms with van der Waals surface area (Å²) in [6, 6.07) is 46.3. The molecule has 8 rings (SSSR count). The van der Waals surface area contributed by atoms with Crippen molar-refractivity contribution in [2.75, 3.05) is 0 Å². The van der Waals surface area contributed by atoms with Crippen molar-refractivity contribution < 1.29 is 0 Å². The number of nitrogens with zero attached hydrogens (tertiary/aromatic N) is 2. The van der Waals surface area contributed by atoms with Gasteiger partial charge in [-0.05, 0) is 59.5 Å². The van der Waals surface area contributed by atoms with E-state index in [9.17, 15) is 0 Å². The molecule has 0 aliphatic heterocycles. The molecule has 1 aliphatic rings. The maximum Gasteiger partial charge on any atom is 0.0567 e. The third-order valence-electron chi connectivity index (χ3n) is 8.07. The minimum Gasteiger partial charge on any atom is -0.333 e. The molecule has 5 aromatic carbocycles. The van der Waals surface area contributed by atoms with Gasteiger partial charge in [0, 0.05) is 38.6 Å². The zero-order chi connectivity index (χ0) is 25.1. The molecule has 38 heavy (non-hydrogen) atoms. The Labute approximate surface area is 221 Å². The van der Waals surface area contributed by atoms with Gasteiger partial charge in [-0.25, -0.2) is 0 Å². The van der Waals surface area contributed by atoms with E-state index in [1.807, 2.05) is 0 Å². The lowest BCUT2D eigenvalue weighted by Crippen LogP contribution is -2.13. The van der Waals surface area contributed by atoms with E-state index >= 15 is 0 Å². The van der Waals surface area contributed by atoms with Gasteiger partial charge >= 0.3 is 0 Å². The molecule has 1 unspecified atom stereocenters. The van der Waals surface area contributed by atoms with Gasteiger partial charge in [0.25, 0.3) is 0 Å². The highest BCUT2D eigenvalue weighted by atomic mass is 15.0. The molecule has 2 aromatic heterocycles. The van der Waals surface area contributed by atoms with Crippen molar-refractivity contribution in [3.63, 3.8) is 0 Å². The quantitative estimate of drug-likeness (QED) is 0.236. The first kappa shape index (κ1) is 21.3. The molecule has 7 aromatic rings. The van der Waals surface area contributed by atoms with Crippen LogP contribution in [0.4, 0.5) is 0 Å². The average Bonchev–Trinajstić information content (AvgIpc) is 3.50. The van der Waals surface area contributed by atoms with Crippen LogP contribution in [0.15, 0.2) is 133 Å². The van der Waals surface area contributed by atoms with Gasteiger partial charge in [-0.2, -0.15) is 0 Å². The van der Waals surface area contributed by atoms with E-state index in [4.69, 9.17) is 0 Å². The number of fused-ring (bicyclic) bond motifs is 6. The molecular formula is C36H26N2. The lowest BCUT2D eigenvalue weighted by Gasteiger charge is -2.23. The largest absolute Gasteiger partial charge is 0.333 e. The molecule has 0 saturated carbocycles. The molecular weight excluding hydrogens is 460 g/mol. The Kier molecular flexibility index (Phi) is 4.68. The summed E-state index contributed by atoms with van der Waals surface area (Å²) in [5, 5.41) is 3.98. The number of allylic oxidation sites excluding steroid dienone is 1. The molecule has 0 amide bonds. The number of rotatable bonds is 3. The van der Waals surface area contributed by atoms with Gasteiger partial charge in [0.15, 0.2) is 0 Å². The zero-order valence-electron chi connectivity index (χ0n) is 21.0. The Morgan fingerprint density at radius 3 is 1.87 bits per heavy atom. The fraction of sp³-hybridized carbons (Fsp3) is 0.0556. The first-order valence-electron chi connectivity index (χ1n) is 13.3. The van der Waals surface area contributed by atoms with Crippen LogP contribution < -0.4 is 0 Å². The summed E-state index contributed by atoms with van der Waals surface area (Å²) in [6.45, 7) is 0. The second-order valence-corrected chi connectivity index (χ2v) is 10.2. The van der Waals surface area contributed by atoms with Crippen LogP contribution in [0, 0.1) is 0 Å². The molecule has 1 aliphatic carbocycles. The Hall–Kier alpha value is -4.82. The van der Waals surface area contributed by atoms with Crippen LogP contribution in [0.3, 0.4) is 0 Å². The third-order valence-corrected chi connectivity index (χ3v) is 8.07. The molecule has 180 valence electrons. The maximum absolute atomic E-state index is 2.53. The van der Waals surface area contributed by atoms with Gasteiger partial charge < -0.3 is 9.13 Å². The summed E-state index contributed by atoms with van der Waals surface area (Å²) >= 11 is 0. The fourth-order valence-corrected chi connectivity index (χ4v) is 6.42. The van der Waals surface area contributed by atoms with E-state index in [2.05, 4.69) is 149 Å². The molecule has 0 saturated heterocycles. The fourth-order valence-electron chi connectivity index (χ4n) is 6.42. The Bertz CT molecular complexity index is 1950. The number of aromatic nitrogens is 2. The van der Waals surface area contributed by atoms with E-state index in [1.165, 1.54) is 60.8 Å². The van der Waals surface area contributed by atoms with Crippen molar-refractivity contribution in [2.45, 2.75) is 12.5 Å². The molecule has 1 atom stereocenters. The van der Waals surface area contributed by atoms with E-state index in [0.717, 1.165) is 6.42 Å². The first-order chi connectivity index (χ1) is 18.9. The highest BCUT2D eigenvalue weighted by Crippen LogP contribution is 2.40. The summed E-state index contributed by atoms with van der Waals surface area (Å²) in [6.07, 6.45) is 5.71. The van der Waals surface area contributed by atoms with E-state index in [0.29, 0.717) is 0 Å². The van der Waals surface area contributed by atoms with E-state index < -0.39 is 0 Å². The van der Waals surface area contributed by atoms with E-state index in [-0.39, 0.29) is 6.04 Å². The number of para-hydroxylation sites is 3. The van der Waals surface area contributed by atoms with Crippen LogP contribution >= 0.6 is 0 Å². The van der Waals surface area contributed by atoms with Crippen molar-refractivity contribution in [3.05, 3.63) is 145 Å². The monoisotopic (exact) mass is 486 g/mol. The van der Waals surface area contributed by atoms with Gasteiger partial charge in [-0.15, -0.1) is 0 Å². The van der Waals surface area contributed by atoms with Crippen LogP contribution in [0.1, 0.15) is 17.3 Å². The SMILES string of the molecule is C1=CC(n2c3ccccc3c3ccccc32)Cc2c1n(-c1cccc(-c3ccccc3)c1)c1ccccc21. The average molecular weight is 487 g/mol. The highest BCUT2D eigenvalue weighted by Gasteiger charge is 2.25. The molecule has 0 radical (unpaired) electrons. The van der Waals surface area contributed by atoms with Crippen molar-refractivity contribution in [1.82, 2.24) is 9.13 Å².